The van der Waals surface area contributed by atoms with Gasteiger partial charge in [0.1, 0.15) is 5.58 Å². The van der Waals surface area contributed by atoms with Crippen LogP contribution in [0.4, 0.5) is 51.2 Å². The second kappa shape index (κ2) is 17.8. The highest BCUT2D eigenvalue weighted by molar-refractivity contribution is 7.00. The van der Waals surface area contributed by atoms with E-state index in [4.69, 9.17) is 4.42 Å². The molecule has 0 radical (unpaired) electrons. The van der Waals surface area contributed by atoms with Crippen molar-refractivity contribution in [2.24, 2.45) is 0 Å². The summed E-state index contributed by atoms with van der Waals surface area (Å²) in [5, 5.41) is 1.12. The lowest BCUT2D eigenvalue weighted by molar-refractivity contribution is 0.332. The molecule has 0 saturated heterocycles. The number of fused-ring (bicyclic) bond motifs is 7. The summed E-state index contributed by atoms with van der Waals surface area (Å²) in [6.07, 6.45) is 2.27. The molecule has 0 amide bonds. The molecule has 0 saturated carbocycles. The summed E-state index contributed by atoms with van der Waals surface area (Å²) in [5.41, 5.74) is 24.3. The second-order valence-corrected chi connectivity index (χ2v) is 25.3. The molecule has 2 aliphatic heterocycles. The van der Waals surface area contributed by atoms with Crippen molar-refractivity contribution in [2.45, 2.75) is 104 Å². The summed E-state index contributed by atoms with van der Waals surface area (Å²) in [5.74, 6) is 0. The highest BCUT2D eigenvalue weighted by Crippen LogP contribution is 2.54. The quantitative estimate of drug-likeness (QED) is 0.148. The third kappa shape index (κ3) is 8.12. The minimum Gasteiger partial charge on any atom is -0.468 e. The number of nitrogens with zero attached hydrogens (tertiary/aromatic N) is 3. The van der Waals surface area contributed by atoms with Gasteiger partial charge in [0.2, 0.25) is 0 Å². The molecular weight excluding hydrogens is 934 g/mol. The molecule has 0 bridgehead atoms. The fraction of sp³-hybridized carbons (Fsp3) is 0.222. The van der Waals surface area contributed by atoms with Crippen LogP contribution in [-0.4, -0.2) is 6.71 Å². The Morgan fingerprint density at radius 1 is 0.455 bits per heavy atom. The average molecular weight is 1000 g/mol. The predicted octanol–water partition coefficient (Wildman–Crippen LogP) is 18.3. The SMILES string of the molecule is CC(C)(C)c1ccc(N2c3ccc(-c4ccccc4)cc3B3c4oc5ccc(C(C)(C)C)cc5c4N(c4ccc5c(c4)C(C)(C)CCC5(C)C)c4cc(N(c5ccccc5)c5ccccc5)cc2c43)c(-c2ccccc2)c1. The molecule has 380 valence electrons. The van der Waals surface area contributed by atoms with Crippen LogP contribution in [0.25, 0.3) is 33.2 Å². The van der Waals surface area contributed by atoms with Gasteiger partial charge in [0.15, 0.2) is 0 Å². The molecule has 0 spiro atoms. The van der Waals surface area contributed by atoms with Crippen molar-refractivity contribution in [1.82, 2.24) is 0 Å². The molecule has 1 aromatic heterocycles. The van der Waals surface area contributed by atoms with Gasteiger partial charge in [0.05, 0.1) is 22.7 Å². The largest absolute Gasteiger partial charge is 0.468 e. The third-order valence-corrected chi connectivity index (χ3v) is 17.2. The van der Waals surface area contributed by atoms with Crippen LogP contribution < -0.4 is 31.3 Å². The lowest BCUT2D eigenvalue weighted by atomic mass is 9.35. The number of furan rings is 1. The maximum absolute atomic E-state index is 7.58. The Labute approximate surface area is 456 Å². The molecule has 3 aliphatic rings. The maximum Gasteiger partial charge on any atom is 0.297 e. The van der Waals surface area contributed by atoms with Gasteiger partial charge in [-0.2, -0.15) is 0 Å². The van der Waals surface area contributed by atoms with Crippen molar-refractivity contribution < 1.29 is 4.42 Å². The van der Waals surface area contributed by atoms with Crippen LogP contribution in [0.15, 0.2) is 211 Å². The summed E-state index contributed by atoms with van der Waals surface area (Å²) in [7, 11) is 0. The first-order valence-corrected chi connectivity index (χ1v) is 27.7. The second-order valence-electron chi connectivity index (χ2n) is 25.3. The van der Waals surface area contributed by atoms with Crippen molar-refractivity contribution in [3.05, 3.63) is 229 Å². The molecule has 0 N–H and O–H groups in total. The average Bonchev–Trinajstić information content (AvgIpc) is 3.97. The number of para-hydroxylation sites is 2. The third-order valence-electron chi connectivity index (χ3n) is 17.2. The zero-order valence-electron chi connectivity index (χ0n) is 46.4. The molecule has 0 atom stereocenters. The Kier molecular flexibility index (Phi) is 11.2. The highest BCUT2D eigenvalue weighted by Gasteiger charge is 2.48. The zero-order chi connectivity index (χ0) is 53.2. The number of anilines is 9. The van der Waals surface area contributed by atoms with Crippen molar-refractivity contribution in [3.8, 4) is 22.3 Å². The smallest absolute Gasteiger partial charge is 0.297 e. The monoisotopic (exact) mass is 1000 g/mol. The van der Waals surface area contributed by atoms with E-state index < -0.39 is 0 Å². The zero-order valence-corrected chi connectivity index (χ0v) is 46.4. The van der Waals surface area contributed by atoms with E-state index in [1.54, 1.807) is 0 Å². The van der Waals surface area contributed by atoms with Gasteiger partial charge in [-0.15, -0.1) is 0 Å². The van der Waals surface area contributed by atoms with E-state index in [0.717, 1.165) is 80.7 Å². The van der Waals surface area contributed by atoms with Crippen LogP contribution >= 0.6 is 0 Å². The summed E-state index contributed by atoms with van der Waals surface area (Å²) in [6.45, 7) is 23.4. The van der Waals surface area contributed by atoms with E-state index in [1.165, 1.54) is 55.4 Å². The fourth-order valence-electron chi connectivity index (χ4n) is 12.8. The van der Waals surface area contributed by atoms with Gasteiger partial charge in [-0.25, -0.2) is 0 Å². The Bertz CT molecular complexity index is 3860. The predicted molar refractivity (Wildman–Crippen MR) is 328 cm³/mol. The standard InChI is InChI=1S/C72H68BN3O/c1-69(2,3)50-32-37-61(56(42-50)48-25-17-12-18-26-48)76-62-36-31-49(47-23-15-11-16-24-47)41-60(62)73-66-63(45-55(46-64(66)76)74(52-27-19-13-20-28-52)53-29-21-14-22-30-53)75(54-34-35-58-59(44-54)72(9,10)40-39-71(58,7)8)67-57-43-51(70(4,5)6)33-38-65(57)77-68(67)73/h11-38,41-46H,39-40H2,1-10H3. The summed E-state index contributed by atoms with van der Waals surface area (Å²) < 4.78 is 7.58. The topological polar surface area (TPSA) is 22.9 Å². The molecule has 0 fully saturated rings. The van der Waals surface area contributed by atoms with E-state index in [1.807, 2.05) is 0 Å². The number of rotatable bonds is 7. The molecule has 77 heavy (non-hydrogen) atoms. The number of hydrogen-bond donors (Lipinski definition) is 0. The lowest BCUT2D eigenvalue weighted by Crippen LogP contribution is -2.61. The molecule has 3 heterocycles. The summed E-state index contributed by atoms with van der Waals surface area (Å²) >= 11 is 0. The first-order chi connectivity index (χ1) is 36.9. The fourth-order valence-corrected chi connectivity index (χ4v) is 12.8. The van der Waals surface area contributed by atoms with Gasteiger partial charge in [-0.1, -0.05) is 197 Å². The number of benzene rings is 9. The normalized spacial score (nSPS) is 15.2. The van der Waals surface area contributed by atoms with Crippen molar-refractivity contribution in [3.63, 3.8) is 0 Å². The van der Waals surface area contributed by atoms with Gasteiger partial charge in [0, 0.05) is 45.1 Å². The van der Waals surface area contributed by atoms with Gasteiger partial charge in [-0.05, 0) is 163 Å². The first kappa shape index (κ1) is 48.6. The van der Waals surface area contributed by atoms with Crippen LogP contribution in [0, 0.1) is 0 Å². The van der Waals surface area contributed by atoms with E-state index in [2.05, 4.69) is 290 Å². The van der Waals surface area contributed by atoms with Crippen LogP contribution in [-0.2, 0) is 21.7 Å². The Hall–Kier alpha value is -8.02. The molecule has 0 unspecified atom stereocenters. The first-order valence-electron chi connectivity index (χ1n) is 27.7. The van der Waals surface area contributed by atoms with Crippen LogP contribution in [0.5, 0.6) is 0 Å². The minimum atomic E-state index is -0.260. The van der Waals surface area contributed by atoms with Crippen LogP contribution in [0.2, 0.25) is 0 Å². The summed E-state index contributed by atoms with van der Waals surface area (Å²) in [4.78, 5) is 7.63. The van der Waals surface area contributed by atoms with E-state index >= 15 is 0 Å². The van der Waals surface area contributed by atoms with E-state index in [9.17, 15) is 0 Å². The van der Waals surface area contributed by atoms with Crippen LogP contribution in [0.1, 0.15) is 104 Å². The molecule has 1 aliphatic carbocycles. The molecular formula is C72H68BN3O. The van der Waals surface area contributed by atoms with E-state index in [-0.39, 0.29) is 28.4 Å². The van der Waals surface area contributed by atoms with Crippen molar-refractivity contribution in [1.29, 1.82) is 0 Å². The Morgan fingerprint density at radius 2 is 1.00 bits per heavy atom. The molecule has 5 heteroatoms. The highest BCUT2D eigenvalue weighted by atomic mass is 16.3. The van der Waals surface area contributed by atoms with Crippen molar-refractivity contribution in [2.75, 3.05) is 14.7 Å². The minimum absolute atomic E-state index is 0.0186. The van der Waals surface area contributed by atoms with Gasteiger partial charge in [-0.3, -0.25) is 0 Å². The maximum atomic E-state index is 7.58. The Morgan fingerprint density at radius 3 is 1.62 bits per heavy atom. The van der Waals surface area contributed by atoms with Crippen LogP contribution in [0.3, 0.4) is 0 Å². The lowest BCUT2D eigenvalue weighted by Gasteiger charge is -2.45. The van der Waals surface area contributed by atoms with Gasteiger partial charge >= 0.3 is 0 Å². The molecule has 13 rings (SSSR count). The van der Waals surface area contributed by atoms with Gasteiger partial charge < -0.3 is 19.1 Å². The molecule has 4 nitrogen and oxygen atoms in total. The number of hydrogen-bond acceptors (Lipinski definition) is 4. The Balaban J connectivity index is 1.21. The molecule has 10 aromatic rings. The summed E-state index contributed by atoms with van der Waals surface area (Å²) in [6, 6.07) is 77.3. The van der Waals surface area contributed by atoms with Gasteiger partial charge in [0.25, 0.3) is 6.71 Å². The van der Waals surface area contributed by atoms with E-state index in [0.29, 0.717) is 0 Å². The van der Waals surface area contributed by atoms with Crippen molar-refractivity contribution >= 4 is 85.5 Å². The molecule has 9 aromatic carbocycles.